The molecule has 1 aliphatic heterocycles. The summed E-state index contributed by atoms with van der Waals surface area (Å²) in [5, 5.41) is 9.63. The fourth-order valence-corrected chi connectivity index (χ4v) is 4.99. The second-order valence-corrected chi connectivity index (χ2v) is 8.69. The molecule has 144 valence electrons. The van der Waals surface area contributed by atoms with E-state index in [0.29, 0.717) is 22.9 Å². The first-order valence-electron chi connectivity index (χ1n) is 9.42. The van der Waals surface area contributed by atoms with Crippen LogP contribution in [0, 0.1) is 6.92 Å². The molecule has 0 fully saturated rings. The molecule has 0 saturated heterocycles. The fraction of sp³-hybridized carbons (Fsp3) is 0.130. The van der Waals surface area contributed by atoms with Gasteiger partial charge in [0.25, 0.3) is 5.91 Å². The van der Waals surface area contributed by atoms with E-state index in [9.17, 15) is 9.00 Å². The summed E-state index contributed by atoms with van der Waals surface area (Å²) in [4.78, 5) is 13.2. The maximum atomic E-state index is 13.2. The molecule has 4 aromatic rings. The Morgan fingerprint density at radius 1 is 1.00 bits per heavy atom. The van der Waals surface area contributed by atoms with Gasteiger partial charge in [0.05, 0.1) is 22.9 Å². The number of aryl methyl sites for hydroxylation is 1. The van der Waals surface area contributed by atoms with Gasteiger partial charge in [-0.05, 0) is 35.9 Å². The van der Waals surface area contributed by atoms with E-state index < -0.39 is 10.8 Å². The highest BCUT2D eigenvalue weighted by atomic mass is 32.2. The minimum absolute atomic E-state index is 0.199. The number of carbonyl (C=O) groups is 1. The van der Waals surface area contributed by atoms with E-state index in [2.05, 4.69) is 10.4 Å². The molecule has 0 aliphatic carbocycles. The zero-order chi connectivity index (χ0) is 20.0. The number of carbonyl (C=O) groups excluding carboxylic acids is 1. The van der Waals surface area contributed by atoms with Gasteiger partial charge in [-0.2, -0.15) is 5.10 Å². The Labute approximate surface area is 170 Å². The average molecular weight is 401 g/mol. The topological polar surface area (TPSA) is 64.0 Å². The minimum Gasteiger partial charge on any atom is -0.306 e. The van der Waals surface area contributed by atoms with Crippen LogP contribution >= 0.6 is 0 Å². The van der Waals surface area contributed by atoms with Crippen molar-refractivity contribution in [3.8, 4) is 5.69 Å². The SMILES string of the molecule is Cc1ccc(-n2nc3c(c2NC(=O)c2cccc4ccccc24)CS(=O)C3)cc1. The highest BCUT2D eigenvalue weighted by Crippen LogP contribution is 2.32. The molecule has 6 heteroatoms. The summed E-state index contributed by atoms with van der Waals surface area (Å²) in [7, 11) is -0.976. The van der Waals surface area contributed by atoms with Gasteiger partial charge in [0.1, 0.15) is 5.82 Å². The average Bonchev–Trinajstić information content (AvgIpc) is 3.25. The van der Waals surface area contributed by atoms with E-state index in [-0.39, 0.29) is 5.91 Å². The number of rotatable bonds is 3. The molecule has 5 nitrogen and oxygen atoms in total. The number of hydrogen-bond acceptors (Lipinski definition) is 3. The molecule has 0 saturated carbocycles. The molecule has 2 heterocycles. The van der Waals surface area contributed by atoms with Gasteiger partial charge in [-0.1, -0.05) is 54.1 Å². The van der Waals surface area contributed by atoms with Crippen LogP contribution in [0.4, 0.5) is 5.82 Å². The van der Waals surface area contributed by atoms with Crippen molar-refractivity contribution in [3.63, 3.8) is 0 Å². The Balaban J connectivity index is 1.59. The van der Waals surface area contributed by atoms with Gasteiger partial charge in [0.15, 0.2) is 0 Å². The van der Waals surface area contributed by atoms with Gasteiger partial charge >= 0.3 is 0 Å². The summed E-state index contributed by atoms with van der Waals surface area (Å²) < 4.78 is 13.8. The summed E-state index contributed by atoms with van der Waals surface area (Å²) in [6.45, 7) is 2.03. The van der Waals surface area contributed by atoms with Crippen LogP contribution in [-0.4, -0.2) is 19.9 Å². The predicted molar refractivity (Wildman–Crippen MR) is 116 cm³/mol. The molecule has 1 unspecified atom stereocenters. The van der Waals surface area contributed by atoms with Gasteiger partial charge in [0, 0.05) is 21.9 Å². The van der Waals surface area contributed by atoms with Crippen molar-refractivity contribution in [2.45, 2.75) is 18.4 Å². The van der Waals surface area contributed by atoms with Gasteiger partial charge in [-0.3, -0.25) is 9.00 Å². The molecule has 0 radical (unpaired) electrons. The van der Waals surface area contributed by atoms with Crippen molar-refractivity contribution in [2.24, 2.45) is 0 Å². The number of nitrogens with zero attached hydrogens (tertiary/aromatic N) is 2. The lowest BCUT2D eigenvalue weighted by Crippen LogP contribution is -2.17. The second kappa shape index (κ2) is 6.97. The summed E-state index contributed by atoms with van der Waals surface area (Å²) >= 11 is 0. The first-order valence-corrected chi connectivity index (χ1v) is 10.9. The number of aromatic nitrogens is 2. The molecular weight excluding hydrogens is 382 g/mol. The summed E-state index contributed by atoms with van der Waals surface area (Å²) in [5.74, 6) is 1.24. The van der Waals surface area contributed by atoms with Crippen molar-refractivity contribution < 1.29 is 9.00 Å². The van der Waals surface area contributed by atoms with E-state index in [0.717, 1.165) is 33.3 Å². The van der Waals surface area contributed by atoms with Crippen molar-refractivity contribution in [1.82, 2.24) is 9.78 Å². The van der Waals surface area contributed by atoms with Crippen LogP contribution < -0.4 is 5.32 Å². The second-order valence-electron chi connectivity index (χ2n) is 7.23. The Kier molecular flexibility index (Phi) is 4.28. The highest BCUT2D eigenvalue weighted by molar-refractivity contribution is 7.83. The van der Waals surface area contributed by atoms with Crippen molar-refractivity contribution in [2.75, 3.05) is 5.32 Å². The smallest absolute Gasteiger partial charge is 0.257 e. The number of fused-ring (bicyclic) bond motifs is 2. The third-order valence-corrected chi connectivity index (χ3v) is 6.42. The molecule has 0 bridgehead atoms. The van der Waals surface area contributed by atoms with Crippen LogP contribution in [0.5, 0.6) is 0 Å². The Bertz CT molecular complexity index is 1270. The van der Waals surface area contributed by atoms with Crippen LogP contribution in [0.2, 0.25) is 0 Å². The van der Waals surface area contributed by atoms with Crippen molar-refractivity contribution >= 4 is 33.3 Å². The molecule has 0 spiro atoms. The Morgan fingerprint density at radius 2 is 1.76 bits per heavy atom. The van der Waals surface area contributed by atoms with Crippen LogP contribution in [0.15, 0.2) is 66.7 Å². The molecule has 29 heavy (non-hydrogen) atoms. The summed E-state index contributed by atoms with van der Waals surface area (Å²) in [5.41, 5.74) is 4.27. The maximum Gasteiger partial charge on any atom is 0.257 e. The van der Waals surface area contributed by atoms with Crippen molar-refractivity contribution in [1.29, 1.82) is 0 Å². The Morgan fingerprint density at radius 3 is 2.59 bits per heavy atom. The van der Waals surface area contributed by atoms with E-state index >= 15 is 0 Å². The fourth-order valence-electron chi connectivity index (χ4n) is 3.73. The standard InChI is InChI=1S/C23H19N3O2S/c1-15-9-11-17(12-10-15)26-22(20-13-29(28)14-21(20)25-26)24-23(27)19-8-4-6-16-5-2-3-7-18(16)19/h2-12H,13-14H2,1H3,(H,24,27). The highest BCUT2D eigenvalue weighted by Gasteiger charge is 2.28. The zero-order valence-electron chi connectivity index (χ0n) is 15.9. The number of hydrogen-bond donors (Lipinski definition) is 1. The summed E-state index contributed by atoms with van der Waals surface area (Å²) in [6.07, 6.45) is 0. The Hall–Kier alpha value is -3.25. The van der Waals surface area contributed by atoms with Gasteiger partial charge in [-0.15, -0.1) is 0 Å². The molecule has 1 aliphatic rings. The third kappa shape index (κ3) is 3.15. The minimum atomic E-state index is -0.976. The first-order chi connectivity index (χ1) is 14.1. The first kappa shape index (κ1) is 17.8. The van der Waals surface area contributed by atoms with Crippen LogP contribution in [0.1, 0.15) is 27.2 Å². The number of amides is 1. The normalized spacial score (nSPS) is 15.4. The number of benzene rings is 3. The molecular formula is C23H19N3O2S. The maximum absolute atomic E-state index is 13.2. The van der Waals surface area contributed by atoms with Crippen LogP contribution in [0.25, 0.3) is 16.5 Å². The lowest BCUT2D eigenvalue weighted by atomic mass is 10.0. The van der Waals surface area contributed by atoms with Gasteiger partial charge in [0.2, 0.25) is 0 Å². The van der Waals surface area contributed by atoms with Crippen LogP contribution in [0.3, 0.4) is 0 Å². The number of anilines is 1. The van der Waals surface area contributed by atoms with Crippen molar-refractivity contribution in [3.05, 3.63) is 89.1 Å². The number of nitrogens with one attached hydrogen (secondary N) is 1. The molecule has 1 amide bonds. The quantitative estimate of drug-likeness (QED) is 0.555. The van der Waals surface area contributed by atoms with Crippen LogP contribution in [-0.2, 0) is 22.3 Å². The third-order valence-electron chi connectivity index (χ3n) is 5.21. The summed E-state index contributed by atoms with van der Waals surface area (Å²) in [6, 6.07) is 21.5. The molecule has 1 atom stereocenters. The zero-order valence-corrected chi connectivity index (χ0v) is 16.7. The monoisotopic (exact) mass is 401 g/mol. The molecule has 5 rings (SSSR count). The lowest BCUT2D eigenvalue weighted by Gasteiger charge is -2.12. The van der Waals surface area contributed by atoms with E-state index in [1.54, 1.807) is 4.68 Å². The van der Waals surface area contributed by atoms with E-state index in [1.807, 2.05) is 73.7 Å². The van der Waals surface area contributed by atoms with E-state index in [1.165, 1.54) is 0 Å². The predicted octanol–water partition coefficient (Wildman–Crippen LogP) is 4.35. The van der Waals surface area contributed by atoms with Gasteiger partial charge < -0.3 is 5.32 Å². The largest absolute Gasteiger partial charge is 0.306 e. The van der Waals surface area contributed by atoms with Gasteiger partial charge in [-0.25, -0.2) is 4.68 Å². The lowest BCUT2D eigenvalue weighted by molar-refractivity contribution is 0.102. The molecule has 3 aromatic carbocycles. The molecule has 1 aromatic heterocycles. The molecule has 1 N–H and O–H groups in total. The van der Waals surface area contributed by atoms with E-state index in [4.69, 9.17) is 0 Å².